The van der Waals surface area contributed by atoms with Crippen LogP contribution < -0.4 is 10.1 Å². The van der Waals surface area contributed by atoms with E-state index >= 15 is 0 Å². The molecule has 0 bridgehead atoms. The Hall–Kier alpha value is -1.27. The van der Waals surface area contributed by atoms with Gasteiger partial charge in [-0.2, -0.15) is 0 Å². The Kier molecular flexibility index (Phi) is 4.42. The largest absolute Gasteiger partial charge is 0.492 e. The molecule has 1 fully saturated rings. The van der Waals surface area contributed by atoms with E-state index < -0.39 is 0 Å². The minimum absolute atomic E-state index is 0.630. The minimum Gasteiger partial charge on any atom is -0.492 e. The normalized spacial score (nSPS) is 14.2. The molecule has 0 amide bonds. The molecule has 3 rings (SSSR count). The number of rotatable bonds is 7. The fraction of sp³-hybridized carbons (Fsp3) is 0.429. The molecule has 0 radical (unpaired) electrons. The molecule has 1 aromatic heterocycles. The predicted octanol–water partition coefficient (Wildman–Crippen LogP) is 3.59. The molecular formula is C14H17N3OS2. The number of para-hydroxylation sites is 1. The van der Waals surface area contributed by atoms with Gasteiger partial charge in [-0.25, -0.2) is 0 Å². The third-order valence-electron chi connectivity index (χ3n) is 2.97. The second kappa shape index (κ2) is 6.45. The molecule has 1 N–H and O–H groups in total. The van der Waals surface area contributed by atoms with Crippen LogP contribution in [0.1, 0.15) is 18.4 Å². The van der Waals surface area contributed by atoms with Crippen molar-refractivity contribution in [1.82, 2.24) is 10.2 Å². The van der Waals surface area contributed by atoms with Gasteiger partial charge in [0, 0.05) is 11.8 Å². The number of nitrogens with one attached hydrogen (secondary N) is 1. The molecule has 20 heavy (non-hydrogen) atoms. The summed E-state index contributed by atoms with van der Waals surface area (Å²) in [7, 11) is 0. The molecule has 1 heterocycles. The molecule has 6 heteroatoms. The quantitative estimate of drug-likeness (QED) is 0.625. The number of nitrogens with zero attached hydrogens (tertiary/aromatic N) is 2. The average molecular weight is 307 g/mol. The van der Waals surface area contributed by atoms with E-state index in [2.05, 4.69) is 28.5 Å². The summed E-state index contributed by atoms with van der Waals surface area (Å²) in [5.74, 6) is 1.84. The third kappa shape index (κ3) is 3.86. The average Bonchev–Trinajstić information content (AvgIpc) is 3.15. The number of ether oxygens (including phenoxy) is 1. The molecule has 1 saturated carbocycles. The van der Waals surface area contributed by atoms with E-state index in [4.69, 9.17) is 4.74 Å². The maximum atomic E-state index is 5.76. The summed E-state index contributed by atoms with van der Waals surface area (Å²) in [6.45, 7) is 2.74. The number of hydrogen-bond acceptors (Lipinski definition) is 6. The topological polar surface area (TPSA) is 47.0 Å². The van der Waals surface area contributed by atoms with Crippen LogP contribution in [0.2, 0.25) is 0 Å². The number of aryl methyl sites for hydroxylation is 1. The summed E-state index contributed by atoms with van der Waals surface area (Å²) in [6.07, 6.45) is 2.51. The van der Waals surface area contributed by atoms with Crippen LogP contribution in [0.5, 0.6) is 5.75 Å². The maximum absolute atomic E-state index is 5.76. The molecule has 0 aliphatic heterocycles. The highest BCUT2D eigenvalue weighted by Gasteiger charge is 2.22. The number of benzene rings is 1. The standard InChI is InChI=1S/C14H17N3OS2/c1-10-4-2-3-5-12(10)18-8-9-19-14-17-16-13(20-14)15-11-6-7-11/h2-5,11H,6-9H2,1H3,(H,15,16). The molecule has 1 aromatic carbocycles. The molecule has 0 unspecified atom stereocenters. The van der Waals surface area contributed by atoms with Gasteiger partial charge >= 0.3 is 0 Å². The van der Waals surface area contributed by atoms with E-state index in [0.717, 1.165) is 21.0 Å². The number of aromatic nitrogens is 2. The van der Waals surface area contributed by atoms with Crippen molar-refractivity contribution in [3.8, 4) is 5.75 Å². The Bertz CT molecular complexity index is 569. The molecular weight excluding hydrogens is 290 g/mol. The van der Waals surface area contributed by atoms with Crippen LogP contribution in [0.15, 0.2) is 28.6 Å². The van der Waals surface area contributed by atoms with Gasteiger partial charge in [0.2, 0.25) is 5.13 Å². The van der Waals surface area contributed by atoms with Crippen molar-refractivity contribution in [1.29, 1.82) is 0 Å². The first kappa shape index (κ1) is 13.7. The van der Waals surface area contributed by atoms with Gasteiger partial charge in [-0.1, -0.05) is 41.3 Å². The Morgan fingerprint density at radius 3 is 3.00 bits per heavy atom. The molecule has 1 aliphatic rings. The van der Waals surface area contributed by atoms with E-state index in [1.165, 1.54) is 18.4 Å². The van der Waals surface area contributed by atoms with Gasteiger partial charge in [-0.15, -0.1) is 10.2 Å². The van der Waals surface area contributed by atoms with E-state index in [1.807, 2.05) is 18.2 Å². The van der Waals surface area contributed by atoms with Crippen molar-refractivity contribution in [3.05, 3.63) is 29.8 Å². The van der Waals surface area contributed by atoms with Crippen LogP contribution in [0.3, 0.4) is 0 Å². The second-order valence-corrected chi connectivity index (χ2v) is 7.07. The van der Waals surface area contributed by atoms with E-state index in [-0.39, 0.29) is 0 Å². The van der Waals surface area contributed by atoms with Crippen molar-refractivity contribution < 1.29 is 4.74 Å². The molecule has 2 aromatic rings. The lowest BCUT2D eigenvalue weighted by Gasteiger charge is -2.07. The Balaban J connectivity index is 1.41. The van der Waals surface area contributed by atoms with Gasteiger partial charge in [-0.3, -0.25) is 0 Å². The van der Waals surface area contributed by atoms with Crippen LogP contribution in [-0.2, 0) is 0 Å². The summed E-state index contributed by atoms with van der Waals surface area (Å²) in [5.41, 5.74) is 1.17. The number of thioether (sulfide) groups is 1. The van der Waals surface area contributed by atoms with Gasteiger partial charge in [0.25, 0.3) is 0 Å². The summed E-state index contributed by atoms with van der Waals surface area (Å²) in [5, 5.41) is 12.6. The lowest BCUT2D eigenvalue weighted by molar-refractivity contribution is 0.341. The van der Waals surface area contributed by atoms with Crippen molar-refractivity contribution in [3.63, 3.8) is 0 Å². The van der Waals surface area contributed by atoms with Crippen LogP contribution in [-0.4, -0.2) is 28.6 Å². The fourth-order valence-electron chi connectivity index (χ4n) is 1.73. The first-order valence-corrected chi connectivity index (χ1v) is 8.53. The van der Waals surface area contributed by atoms with Gasteiger partial charge in [-0.05, 0) is 31.4 Å². The van der Waals surface area contributed by atoms with Crippen molar-refractivity contribution in [2.75, 3.05) is 17.7 Å². The van der Waals surface area contributed by atoms with Crippen LogP contribution in [0.4, 0.5) is 5.13 Å². The second-order valence-electron chi connectivity index (χ2n) is 4.75. The zero-order valence-electron chi connectivity index (χ0n) is 11.3. The molecule has 0 spiro atoms. The number of hydrogen-bond donors (Lipinski definition) is 1. The Labute approximate surface area is 127 Å². The summed E-state index contributed by atoms with van der Waals surface area (Å²) in [6, 6.07) is 8.71. The molecule has 0 saturated heterocycles. The first-order chi connectivity index (χ1) is 9.81. The maximum Gasteiger partial charge on any atom is 0.206 e. The highest BCUT2D eigenvalue weighted by atomic mass is 32.2. The monoisotopic (exact) mass is 307 g/mol. The lowest BCUT2D eigenvalue weighted by atomic mass is 10.2. The third-order valence-corrected chi connectivity index (χ3v) is 4.92. The summed E-state index contributed by atoms with van der Waals surface area (Å²) < 4.78 is 6.76. The van der Waals surface area contributed by atoms with Crippen LogP contribution >= 0.6 is 23.1 Å². The highest BCUT2D eigenvalue weighted by molar-refractivity contribution is 8.01. The zero-order chi connectivity index (χ0) is 13.8. The van der Waals surface area contributed by atoms with E-state index in [1.54, 1.807) is 23.1 Å². The lowest BCUT2D eigenvalue weighted by Crippen LogP contribution is -2.01. The highest BCUT2D eigenvalue weighted by Crippen LogP contribution is 2.30. The first-order valence-electron chi connectivity index (χ1n) is 6.72. The fourth-order valence-corrected chi connectivity index (χ4v) is 3.44. The summed E-state index contributed by atoms with van der Waals surface area (Å²) >= 11 is 3.32. The Morgan fingerprint density at radius 1 is 1.35 bits per heavy atom. The molecule has 1 aliphatic carbocycles. The molecule has 106 valence electrons. The van der Waals surface area contributed by atoms with Gasteiger partial charge in [0.15, 0.2) is 4.34 Å². The molecule has 0 atom stereocenters. The van der Waals surface area contributed by atoms with Crippen molar-refractivity contribution in [2.45, 2.75) is 30.1 Å². The van der Waals surface area contributed by atoms with E-state index in [0.29, 0.717) is 12.6 Å². The van der Waals surface area contributed by atoms with Crippen molar-refractivity contribution >= 4 is 28.2 Å². The smallest absolute Gasteiger partial charge is 0.206 e. The predicted molar refractivity (Wildman–Crippen MR) is 84.0 cm³/mol. The summed E-state index contributed by atoms with van der Waals surface area (Å²) in [4.78, 5) is 0. The van der Waals surface area contributed by atoms with E-state index in [9.17, 15) is 0 Å². The molecule has 4 nitrogen and oxygen atoms in total. The number of anilines is 1. The van der Waals surface area contributed by atoms with Gasteiger partial charge < -0.3 is 10.1 Å². The van der Waals surface area contributed by atoms with Crippen LogP contribution in [0.25, 0.3) is 0 Å². The minimum atomic E-state index is 0.630. The van der Waals surface area contributed by atoms with Gasteiger partial charge in [0.1, 0.15) is 5.75 Å². The Morgan fingerprint density at radius 2 is 2.20 bits per heavy atom. The van der Waals surface area contributed by atoms with Crippen molar-refractivity contribution in [2.24, 2.45) is 0 Å². The van der Waals surface area contributed by atoms with Crippen LogP contribution in [0, 0.1) is 6.92 Å². The zero-order valence-corrected chi connectivity index (χ0v) is 13.0. The van der Waals surface area contributed by atoms with Gasteiger partial charge in [0.05, 0.1) is 6.61 Å². The SMILES string of the molecule is Cc1ccccc1OCCSc1nnc(NC2CC2)s1.